The van der Waals surface area contributed by atoms with Gasteiger partial charge < -0.3 is 10.6 Å². The third kappa shape index (κ3) is 6.72. The van der Waals surface area contributed by atoms with Gasteiger partial charge in [0.05, 0.1) is 17.6 Å². The first-order valence-electron chi connectivity index (χ1n) is 7.95. The highest BCUT2D eigenvalue weighted by atomic mass is 127. The summed E-state index contributed by atoms with van der Waals surface area (Å²) < 4.78 is 38.6. The fraction of sp³-hybridized carbons (Fsp3) is 0.529. The van der Waals surface area contributed by atoms with Crippen molar-refractivity contribution in [3.8, 4) is 6.07 Å². The van der Waals surface area contributed by atoms with E-state index in [4.69, 9.17) is 5.26 Å². The number of rotatable bonds is 3. The van der Waals surface area contributed by atoms with Crippen LogP contribution in [0.3, 0.4) is 0 Å². The van der Waals surface area contributed by atoms with Crippen molar-refractivity contribution < 1.29 is 13.2 Å². The molecule has 0 aromatic heterocycles. The Hall–Kier alpha value is -1.50. The van der Waals surface area contributed by atoms with Crippen LogP contribution in [-0.2, 0) is 6.54 Å². The van der Waals surface area contributed by atoms with Gasteiger partial charge in [0.15, 0.2) is 5.96 Å². The van der Waals surface area contributed by atoms with E-state index in [-0.39, 0.29) is 42.9 Å². The molecule has 25 heavy (non-hydrogen) atoms. The molecule has 1 aliphatic carbocycles. The summed E-state index contributed by atoms with van der Waals surface area (Å²) in [5.74, 6) is -0.764. The Morgan fingerprint density at radius 1 is 1.36 bits per heavy atom. The molecule has 0 bridgehead atoms. The van der Waals surface area contributed by atoms with Crippen LogP contribution < -0.4 is 10.6 Å². The molecule has 2 rings (SSSR count). The van der Waals surface area contributed by atoms with Gasteiger partial charge in [0.1, 0.15) is 0 Å². The molecule has 1 aromatic rings. The Morgan fingerprint density at radius 3 is 2.76 bits per heavy atom. The second-order valence-electron chi connectivity index (χ2n) is 5.98. The number of nitriles is 1. The number of guanidine groups is 1. The van der Waals surface area contributed by atoms with Crippen molar-refractivity contribution >= 4 is 29.9 Å². The molecular formula is C17H22F3IN4. The number of hydrogen-bond acceptors (Lipinski definition) is 2. The van der Waals surface area contributed by atoms with Gasteiger partial charge in [0.2, 0.25) is 0 Å². The predicted molar refractivity (Wildman–Crippen MR) is 102 cm³/mol. The molecule has 1 aliphatic rings. The first-order chi connectivity index (χ1) is 11.4. The second kappa shape index (κ2) is 9.85. The maximum Gasteiger partial charge on any atom is 0.391 e. The fourth-order valence-corrected chi connectivity index (χ4v) is 2.94. The standard InChI is InChI=1S/C17H21F3N4.HI/c1-22-16(23-11-13-5-2-4-12(8-13)10-21)24-15-7-3-6-14(9-15)17(18,19)20;/h2,4-5,8,14-15H,3,6-7,9,11H2,1H3,(H2,22,23,24);1H. The van der Waals surface area contributed by atoms with E-state index in [1.54, 1.807) is 25.2 Å². The quantitative estimate of drug-likeness (QED) is 0.403. The largest absolute Gasteiger partial charge is 0.391 e. The smallest absolute Gasteiger partial charge is 0.354 e. The molecule has 0 heterocycles. The fourth-order valence-electron chi connectivity index (χ4n) is 2.94. The summed E-state index contributed by atoms with van der Waals surface area (Å²) in [5, 5.41) is 15.1. The first kappa shape index (κ1) is 21.5. The summed E-state index contributed by atoms with van der Waals surface area (Å²) in [6, 6.07) is 8.99. The number of hydrogen-bond donors (Lipinski definition) is 2. The van der Waals surface area contributed by atoms with Crippen molar-refractivity contribution in [1.82, 2.24) is 10.6 Å². The number of alkyl halides is 3. The minimum atomic E-state index is -4.13. The average Bonchev–Trinajstić information content (AvgIpc) is 2.58. The molecule has 0 spiro atoms. The molecular weight excluding hydrogens is 444 g/mol. The van der Waals surface area contributed by atoms with Crippen LogP contribution in [0.4, 0.5) is 13.2 Å². The van der Waals surface area contributed by atoms with Crippen LogP contribution in [-0.4, -0.2) is 25.2 Å². The SMILES string of the molecule is CN=C(NCc1cccc(C#N)c1)NC1CCCC(C(F)(F)F)C1.I. The zero-order chi connectivity index (χ0) is 17.6. The molecule has 2 N–H and O–H groups in total. The summed E-state index contributed by atoms with van der Waals surface area (Å²) in [7, 11) is 1.59. The normalized spacial score (nSPS) is 21.0. The van der Waals surface area contributed by atoms with E-state index in [2.05, 4.69) is 21.7 Å². The summed E-state index contributed by atoms with van der Waals surface area (Å²) >= 11 is 0. The number of nitrogens with zero attached hydrogens (tertiary/aromatic N) is 2. The second-order valence-corrected chi connectivity index (χ2v) is 5.98. The van der Waals surface area contributed by atoms with Gasteiger partial charge in [-0.05, 0) is 37.0 Å². The minimum absolute atomic E-state index is 0. The van der Waals surface area contributed by atoms with Crippen LogP contribution in [0.2, 0.25) is 0 Å². The lowest BCUT2D eigenvalue weighted by Gasteiger charge is -2.31. The molecule has 1 saturated carbocycles. The Labute approximate surface area is 162 Å². The first-order valence-corrected chi connectivity index (χ1v) is 7.95. The lowest BCUT2D eigenvalue weighted by molar-refractivity contribution is -0.183. The zero-order valence-corrected chi connectivity index (χ0v) is 16.3. The Bertz CT molecular complexity index is 625. The van der Waals surface area contributed by atoms with Crippen LogP contribution in [0.15, 0.2) is 29.3 Å². The average molecular weight is 466 g/mol. The van der Waals surface area contributed by atoms with Gasteiger partial charge >= 0.3 is 6.18 Å². The molecule has 2 atom stereocenters. The summed E-state index contributed by atoms with van der Waals surface area (Å²) in [6.07, 6.45) is -2.59. The molecule has 4 nitrogen and oxygen atoms in total. The Kier molecular flexibility index (Phi) is 8.48. The van der Waals surface area contributed by atoms with Crippen LogP contribution in [0.25, 0.3) is 0 Å². The Balaban J connectivity index is 0.00000312. The predicted octanol–water partition coefficient (Wildman–Crippen LogP) is 3.96. The van der Waals surface area contributed by atoms with E-state index >= 15 is 0 Å². The van der Waals surface area contributed by atoms with Crippen LogP contribution in [0, 0.1) is 17.2 Å². The minimum Gasteiger partial charge on any atom is -0.354 e. The van der Waals surface area contributed by atoms with Gasteiger partial charge in [-0.15, -0.1) is 24.0 Å². The van der Waals surface area contributed by atoms with E-state index in [1.165, 1.54) is 0 Å². The lowest BCUT2D eigenvalue weighted by atomic mass is 9.85. The maximum atomic E-state index is 12.9. The molecule has 138 valence electrons. The van der Waals surface area contributed by atoms with Crippen molar-refractivity contribution in [2.75, 3.05) is 7.05 Å². The third-order valence-corrected chi connectivity index (χ3v) is 4.22. The topological polar surface area (TPSA) is 60.2 Å². The van der Waals surface area contributed by atoms with Crippen LogP contribution in [0.5, 0.6) is 0 Å². The van der Waals surface area contributed by atoms with Crippen molar-refractivity contribution in [3.63, 3.8) is 0 Å². The van der Waals surface area contributed by atoms with E-state index < -0.39 is 12.1 Å². The molecule has 0 saturated heterocycles. The van der Waals surface area contributed by atoms with Gasteiger partial charge in [-0.2, -0.15) is 18.4 Å². The zero-order valence-electron chi connectivity index (χ0n) is 13.9. The summed E-state index contributed by atoms with van der Waals surface area (Å²) in [5.41, 5.74) is 1.48. The lowest BCUT2D eigenvalue weighted by Crippen LogP contribution is -2.46. The molecule has 8 heteroatoms. The molecule has 0 aliphatic heterocycles. The highest BCUT2D eigenvalue weighted by Crippen LogP contribution is 2.37. The molecule has 2 unspecified atom stereocenters. The molecule has 1 fully saturated rings. The summed E-state index contributed by atoms with van der Waals surface area (Å²) in [4.78, 5) is 4.08. The van der Waals surface area contributed by atoms with Gasteiger partial charge in [-0.25, -0.2) is 0 Å². The van der Waals surface area contributed by atoms with Crippen molar-refractivity contribution in [1.29, 1.82) is 5.26 Å². The van der Waals surface area contributed by atoms with Crippen molar-refractivity contribution in [3.05, 3.63) is 35.4 Å². The van der Waals surface area contributed by atoms with Crippen LogP contribution in [0.1, 0.15) is 36.8 Å². The van der Waals surface area contributed by atoms with Gasteiger partial charge in [0.25, 0.3) is 0 Å². The summed E-state index contributed by atoms with van der Waals surface area (Å²) in [6.45, 7) is 0.449. The highest BCUT2D eigenvalue weighted by molar-refractivity contribution is 14.0. The highest BCUT2D eigenvalue weighted by Gasteiger charge is 2.42. The third-order valence-electron chi connectivity index (χ3n) is 4.22. The van der Waals surface area contributed by atoms with Crippen molar-refractivity contribution in [2.45, 2.75) is 44.4 Å². The molecule has 0 radical (unpaired) electrons. The maximum absolute atomic E-state index is 12.9. The van der Waals surface area contributed by atoms with Gasteiger partial charge in [0, 0.05) is 19.6 Å². The molecule has 1 aromatic carbocycles. The Morgan fingerprint density at radius 2 is 2.12 bits per heavy atom. The van der Waals surface area contributed by atoms with E-state index in [0.717, 1.165) is 5.56 Å². The number of benzene rings is 1. The number of halogens is 4. The van der Waals surface area contributed by atoms with E-state index in [1.807, 2.05) is 6.07 Å². The van der Waals surface area contributed by atoms with E-state index in [0.29, 0.717) is 30.9 Å². The van der Waals surface area contributed by atoms with Crippen LogP contribution >= 0.6 is 24.0 Å². The van der Waals surface area contributed by atoms with Gasteiger partial charge in [-0.1, -0.05) is 18.6 Å². The van der Waals surface area contributed by atoms with Crippen molar-refractivity contribution in [2.24, 2.45) is 10.9 Å². The van der Waals surface area contributed by atoms with E-state index in [9.17, 15) is 13.2 Å². The number of nitrogens with one attached hydrogen (secondary N) is 2. The van der Waals surface area contributed by atoms with Gasteiger partial charge in [-0.3, -0.25) is 4.99 Å². The molecule has 0 amide bonds. The number of aliphatic imine (C=N–C) groups is 1. The monoisotopic (exact) mass is 466 g/mol.